The van der Waals surface area contributed by atoms with Gasteiger partial charge in [0, 0.05) is 74.4 Å². The minimum absolute atomic E-state index is 0.234. The number of rotatable bonds is 9. The third-order valence-corrected chi connectivity index (χ3v) is 12.7. The lowest BCUT2D eigenvalue weighted by Gasteiger charge is -2.37. The van der Waals surface area contributed by atoms with Crippen molar-refractivity contribution in [3.8, 4) is 22.5 Å². The van der Waals surface area contributed by atoms with Crippen molar-refractivity contribution in [1.82, 2.24) is 29.6 Å². The van der Waals surface area contributed by atoms with Crippen LogP contribution < -0.4 is 5.32 Å². The van der Waals surface area contributed by atoms with Gasteiger partial charge in [0.15, 0.2) is 8.32 Å². The van der Waals surface area contributed by atoms with Crippen LogP contribution in [0.5, 0.6) is 0 Å². The summed E-state index contributed by atoms with van der Waals surface area (Å²) in [6.45, 7) is 18.1. The van der Waals surface area contributed by atoms with Gasteiger partial charge in [-0.15, -0.1) is 0 Å². The van der Waals surface area contributed by atoms with E-state index in [2.05, 4.69) is 79.2 Å². The Morgan fingerprint density at radius 3 is 2.67 bits per heavy atom. The molecule has 0 amide bonds. The SMILES string of the molecule is CCn1cc(-c2ccnc(Nc3ccc4c(c3)CN(CCO[Si](C)(C)C(C)(C)C)CC4)n2)c(-c2cccnc2)n1. The third-order valence-electron chi connectivity index (χ3n) is 8.18. The fraction of sp³-hybridized carbons (Fsp3) is 0.419. The monoisotopic (exact) mass is 555 g/mol. The molecule has 0 spiro atoms. The zero-order valence-corrected chi connectivity index (χ0v) is 25.6. The molecule has 0 aliphatic carbocycles. The second kappa shape index (κ2) is 11.6. The number of hydrogen-bond acceptors (Lipinski definition) is 7. The fourth-order valence-corrected chi connectivity index (χ4v) is 5.75. The molecule has 3 aromatic heterocycles. The first kappa shape index (κ1) is 28.1. The summed E-state index contributed by atoms with van der Waals surface area (Å²) < 4.78 is 8.37. The number of aryl methyl sites for hydroxylation is 1. The maximum absolute atomic E-state index is 6.44. The number of pyridine rings is 1. The van der Waals surface area contributed by atoms with Gasteiger partial charge in [-0.25, -0.2) is 9.97 Å². The lowest BCUT2D eigenvalue weighted by Crippen LogP contribution is -2.43. The maximum Gasteiger partial charge on any atom is 0.227 e. The van der Waals surface area contributed by atoms with Crippen LogP contribution in [0, 0.1) is 0 Å². The van der Waals surface area contributed by atoms with Crippen molar-refractivity contribution in [2.75, 3.05) is 25.0 Å². The Balaban J connectivity index is 1.29. The van der Waals surface area contributed by atoms with Crippen molar-refractivity contribution >= 4 is 20.0 Å². The summed E-state index contributed by atoms with van der Waals surface area (Å²) in [6.07, 6.45) is 8.50. The zero-order chi connectivity index (χ0) is 28.3. The van der Waals surface area contributed by atoms with Crippen LogP contribution in [-0.2, 0) is 23.9 Å². The molecule has 1 aliphatic rings. The molecule has 4 aromatic rings. The van der Waals surface area contributed by atoms with E-state index in [0.29, 0.717) is 5.95 Å². The normalized spacial score (nSPS) is 14.2. The summed E-state index contributed by atoms with van der Waals surface area (Å²) in [5, 5.41) is 8.45. The van der Waals surface area contributed by atoms with Gasteiger partial charge in [0.2, 0.25) is 5.95 Å². The van der Waals surface area contributed by atoms with Gasteiger partial charge in [0.25, 0.3) is 0 Å². The number of anilines is 2. The van der Waals surface area contributed by atoms with E-state index >= 15 is 0 Å². The van der Waals surface area contributed by atoms with Crippen LogP contribution >= 0.6 is 0 Å². The minimum Gasteiger partial charge on any atom is -0.416 e. The van der Waals surface area contributed by atoms with Crippen molar-refractivity contribution in [3.05, 3.63) is 72.3 Å². The first-order chi connectivity index (χ1) is 19.1. The van der Waals surface area contributed by atoms with Crippen molar-refractivity contribution < 1.29 is 4.43 Å². The van der Waals surface area contributed by atoms with Crippen LogP contribution in [0.2, 0.25) is 18.1 Å². The largest absolute Gasteiger partial charge is 0.416 e. The number of nitrogens with one attached hydrogen (secondary N) is 1. The lowest BCUT2D eigenvalue weighted by atomic mass is 9.99. The Morgan fingerprint density at radius 1 is 1.07 bits per heavy atom. The van der Waals surface area contributed by atoms with Gasteiger partial charge in [0.1, 0.15) is 5.69 Å². The van der Waals surface area contributed by atoms with E-state index in [1.54, 1.807) is 12.4 Å². The molecule has 1 N–H and O–H groups in total. The molecule has 9 heteroatoms. The number of aromatic nitrogens is 5. The van der Waals surface area contributed by atoms with Crippen molar-refractivity contribution in [1.29, 1.82) is 0 Å². The standard InChI is InChI=1S/C31H41N7OSi/c1-7-38-22-27(29(36-38)24-9-8-14-32-20-24)28-12-15-33-30(35-28)34-26-11-10-23-13-16-37(21-25(23)19-26)17-18-39-40(5,6)31(2,3)4/h8-12,14-15,19-20,22H,7,13,16-18,21H2,1-6H3,(H,33,34,35). The van der Waals surface area contributed by atoms with Crippen LogP contribution in [0.3, 0.4) is 0 Å². The first-order valence-corrected chi connectivity index (χ1v) is 17.1. The Morgan fingerprint density at radius 2 is 1.93 bits per heavy atom. The maximum atomic E-state index is 6.44. The first-order valence-electron chi connectivity index (χ1n) is 14.2. The van der Waals surface area contributed by atoms with Crippen molar-refractivity contribution in [3.63, 3.8) is 0 Å². The summed E-state index contributed by atoms with van der Waals surface area (Å²) in [6, 6.07) is 12.5. The Labute approximate surface area is 239 Å². The van der Waals surface area contributed by atoms with Crippen LogP contribution in [-0.4, -0.2) is 57.6 Å². The zero-order valence-electron chi connectivity index (χ0n) is 24.6. The van der Waals surface area contributed by atoms with Gasteiger partial charge < -0.3 is 9.74 Å². The molecule has 210 valence electrons. The molecule has 1 aliphatic heterocycles. The van der Waals surface area contributed by atoms with Gasteiger partial charge >= 0.3 is 0 Å². The highest BCUT2D eigenvalue weighted by atomic mass is 28.4. The van der Waals surface area contributed by atoms with Gasteiger partial charge in [-0.1, -0.05) is 26.8 Å². The molecular formula is C31H41N7OSi. The molecule has 8 nitrogen and oxygen atoms in total. The summed E-state index contributed by atoms with van der Waals surface area (Å²) in [4.78, 5) is 16.2. The average Bonchev–Trinajstić information content (AvgIpc) is 3.38. The number of hydrogen-bond donors (Lipinski definition) is 1. The molecular weight excluding hydrogens is 514 g/mol. The Bertz CT molecular complexity index is 1450. The van der Waals surface area contributed by atoms with Crippen LogP contribution in [0.4, 0.5) is 11.6 Å². The second-order valence-corrected chi connectivity index (χ2v) is 16.8. The molecule has 0 unspecified atom stereocenters. The van der Waals surface area contributed by atoms with E-state index in [1.165, 1.54) is 11.1 Å². The molecule has 0 bridgehead atoms. The lowest BCUT2D eigenvalue weighted by molar-refractivity contribution is 0.187. The average molecular weight is 556 g/mol. The predicted octanol–water partition coefficient (Wildman–Crippen LogP) is 6.55. The van der Waals surface area contributed by atoms with Gasteiger partial charge in [-0.05, 0) is 72.9 Å². The van der Waals surface area contributed by atoms with E-state index in [1.807, 2.05) is 35.3 Å². The highest BCUT2D eigenvalue weighted by Crippen LogP contribution is 2.36. The molecule has 0 fully saturated rings. The van der Waals surface area contributed by atoms with Gasteiger partial charge in [-0.3, -0.25) is 14.6 Å². The number of fused-ring (bicyclic) bond motifs is 1. The van der Waals surface area contributed by atoms with E-state index in [9.17, 15) is 0 Å². The molecule has 40 heavy (non-hydrogen) atoms. The fourth-order valence-electron chi connectivity index (χ4n) is 4.72. The molecule has 0 atom stereocenters. The summed E-state index contributed by atoms with van der Waals surface area (Å²) in [5.74, 6) is 0.564. The third kappa shape index (κ3) is 6.32. The smallest absolute Gasteiger partial charge is 0.227 e. The van der Waals surface area contributed by atoms with Crippen molar-refractivity contribution in [2.24, 2.45) is 0 Å². The molecule has 0 saturated carbocycles. The Kier molecular flexibility index (Phi) is 8.16. The van der Waals surface area contributed by atoms with Crippen LogP contribution in [0.15, 0.2) is 61.2 Å². The molecule has 0 radical (unpaired) electrons. The molecule has 0 saturated heterocycles. The summed E-state index contributed by atoms with van der Waals surface area (Å²) >= 11 is 0. The van der Waals surface area contributed by atoms with Gasteiger partial charge in [0.05, 0.1) is 5.69 Å². The van der Waals surface area contributed by atoms with E-state index in [0.717, 1.165) is 67.4 Å². The molecule has 4 heterocycles. The van der Waals surface area contributed by atoms with Crippen LogP contribution in [0.25, 0.3) is 22.5 Å². The molecule has 1 aromatic carbocycles. The van der Waals surface area contributed by atoms with E-state index in [4.69, 9.17) is 14.5 Å². The van der Waals surface area contributed by atoms with Gasteiger partial charge in [-0.2, -0.15) is 5.10 Å². The Hall–Kier alpha value is -3.40. The summed E-state index contributed by atoms with van der Waals surface area (Å²) in [5.41, 5.74) is 7.37. The quantitative estimate of drug-likeness (QED) is 0.235. The summed E-state index contributed by atoms with van der Waals surface area (Å²) in [7, 11) is -1.73. The highest BCUT2D eigenvalue weighted by molar-refractivity contribution is 6.74. The van der Waals surface area contributed by atoms with E-state index < -0.39 is 8.32 Å². The topological polar surface area (TPSA) is 81.0 Å². The predicted molar refractivity (Wildman–Crippen MR) is 164 cm³/mol. The molecule has 5 rings (SSSR count). The minimum atomic E-state index is -1.73. The number of nitrogens with zero attached hydrogens (tertiary/aromatic N) is 6. The van der Waals surface area contributed by atoms with E-state index in [-0.39, 0.29) is 5.04 Å². The number of benzene rings is 1. The van der Waals surface area contributed by atoms with Crippen molar-refractivity contribution in [2.45, 2.75) is 65.3 Å². The second-order valence-electron chi connectivity index (χ2n) is 12.0. The van der Waals surface area contributed by atoms with Crippen LogP contribution in [0.1, 0.15) is 38.8 Å². The highest BCUT2D eigenvalue weighted by Gasteiger charge is 2.37.